The molecular weight excluding hydrogens is 244 g/mol. The molecule has 0 fully saturated rings. The second-order valence-corrected chi connectivity index (χ2v) is 6.02. The smallest absolute Gasteiger partial charge is 0.180 e. The highest BCUT2D eigenvalue weighted by atomic mass is 16.5. The molecule has 0 bridgehead atoms. The fourth-order valence-corrected chi connectivity index (χ4v) is 1.76. The molecule has 0 saturated heterocycles. The Labute approximate surface area is 116 Å². The maximum absolute atomic E-state index is 9.86. The zero-order valence-electron chi connectivity index (χ0n) is 12.7. The lowest BCUT2D eigenvalue weighted by atomic mass is 9.94. The summed E-state index contributed by atoms with van der Waals surface area (Å²) in [6, 6.07) is 0. The number of hydrogen-bond acceptors (Lipinski definition) is 4. The van der Waals surface area contributed by atoms with Crippen LogP contribution in [0, 0.1) is 0 Å². The van der Waals surface area contributed by atoms with Crippen LogP contribution in [0.25, 0.3) is 0 Å². The van der Waals surface area contributed by atoms with E-state index in [-0.39, 0.29) is 0 Å². The van der Waals surface area contributed by atoms with Gasteiger partial charge in [-0.1, -0.05) is 18.6 Å². The molecule has 0 aliphatic heterocycles. The van der Waals surface area contributed by atoms with Crippen molar-refractivity contribution < 1.29 is 20.4 Å². The molecule has 4 heteroatoms. The highest BCUT2D eigenvalue weighted by molar-refractivity contribution is 4.98. The summed E-state index contributed by atoms with van der Waals surface area (Å²) in [5, 5.41) is 37.5. The Kier molecular flexibility index (Phi) is 7.82. The van der Waals surface area contributed by atoms with Crippen LogP contribution in [0.3, 0.4) is 0 Å². The lowest BCUT2D eigenvalue weighted by Gasteiger charge is -2.25. The van der Waals surface area contributed by atoms with E-state index < -0.39 is 17.5 Å². The van der Waals surface area contributed by atoms with Crippen molar-refractivity contribution in [2.24, 2.45) is 0 Å². The molecule has 4 nitrogen and oxygen atoms in total. The summed E-state index contributed by atoms with van der Waals surface area (Å²) in [6.45, 7) is 7.26. The van der Waals surface area contributed by atoms with E-state index >= 15 is 0 Å². The van der Waals surface area contributed by atoms with E-state index in [9.17, 15) is 10.2 Å². The Morgan fingerprint density at radius 2 is 1.74 bits per heavy atom. The zero-order chi connectivity index (χ0) is 15.1. The van der Waals surface area contributed by atoms with Gasteiger partial charge in [-0.2, -0.15) is 0 Å². The van der Waals surface area contributed by atoms with Crippen molar-refractivity contribution >= 4 is 0 Å². The van der Waals surface area contributed by atoms with Crippen LogP contribution in [0.1, 0.15) is 66.2 Å². The molecule has 0 rings (SSSR count). The van der Waals surface area contributed by atoms with E-state index in [4.69, 9.17) is 10.2 Å². The molecule has 0 aromatic rings. The van der Waals surface area contributed by atoms with Gasteiger partial charge in [-0.15, -0.1) is 0 Å². The summed E-state index contributed by atoms with van der Waals surface area (Å²) >= 11 is 0. The topological polar surface area (TPSA) is 80.9 Å². The summed E-state index contributed by atoms with van der Waals surface area (Å²) in [6.07, 6.45) is 4.61. The molecule has 0 spiro atoms. The van der Waals surface area contributed by atoms with E-state index in [1.807, 2.05) is 20.8 Å². The van der Waals surface area contributed by atoms with Crippen LogP contribution in [0.2, 0.25) is 0 Å². The first-order valence-electron chi connectivity index (χ1n) is 7.07. The third-order valence-electron chi connectivity index (χ3n) is 3.75. The van der Waals surface area contributed by atoms with Gasteiger partial charge in [-0.05, 0) is 59.3 Å². The second-order valence-electron chi connectivity index (χ2n) is 6.02. The zero-order valence-corrected chi connectivity index (χ0v) is 12.7. The third kappa shape index (κ3) is 8.37. The predicted octanol–water partition coefficient (Wildman–Crippen LogP) is 2.11. The van der Waals surface area contributed by atoms with Crippen molar-refractivity contribution in [3.05, 3.63) is 11.6 Å². The standard InChI is InChI=1S/C15H30O4/c1-5-14(3,18)10-6-8-12(2)9-7-11-15(4,19)13(16)17/h8,13,16-19H,5-7,9-11H2,1-4H3. The summed E-state index contributed by atoms with van der Waals surface area (Å²) in [4.78, 5) is 0. The molecule has 0 aromatic heterocycles. The van der Waals surface area contributed by atoms with Gasteiger partial charge in [0.25, 0.3) is 0 Å². The van der Waals surface area contributed by atoms with Crippen molar-refractivity contribution in [2.45, 2.75) is 83.7 Å². The molecular formula is C15H30O4. The average molecular weight is 274 g/mol. The van der Waals surface area contributed by atoms with Crippen LogP contribution in [0.5, 0.6) is 0 Å². The molecule has 0 radical (unpaired) electrons. The van der Waals surface area contributed by atoms with Gasteiger partial charge in [0.15, 0.2) is 6.29 Å². The van der Waals surface area contributed by atoms with Crippen LogP contribution in [0.4, 0.5) is 0 Å². The Morgan fingerprint density at radius 1 is 1.16 bits per heavy atom. The molecule has 4 N–H and O–H groups in total. The first-order chi connectivity index (χ1) is 8.60. The molecule has 2 unspecified atom stereocenters. The second kappa shape index (κ2) is 8.00. The Balaban J connectivity index is 3.96. The summed E-state index contributed by atoms with van der Waals surface area (Å²) in [7, 11) is 0. The van der Waals surface area contributed by atoms with Gasteiger partial charge < -0.3 is 20.4 Å². The quantitative estimate of drug-likeness (QED) is 0.383. The maximum atomic E-state index is 9.86. The summed E-state index contributed by atoms with van der Waals surface area (Å²) in [5.74, 6) is 0. The fourth-order valence-electron chi connectivity index (χ4n) is 1.76. The highest BCUT2D eigenvalue weighted by Crippen LogP contribution is 2.20. The molecule has 2 atom stereocenters. The lowest BCUT2D eigenvalue weighted by Crippen LogP contribution is -2.38. The Hall–Kier alpha value is -0.420. The van der Waals surface area contributed by atoms with Crippen LogP contribution in [-0.4, -0.2) is 37.9 Å². The predicted molar refractivity (Wildman–Crippen MR) is 76.6 cm³/mol. The van der Waals surface area contributed by atoms with E-state index in [2.05, 4.69) is 6.08 Å². The number of rotatable bonds is 9. The van der Waals surface area contributed by atoms with E-state index in [0.29, 0.717) is 12.8 Å². The van der Waals surface area contributed by atoms with Crippen molar-refractivity contribution in [1.82, 2.24) is 0 Å². The minimum atomic E-state index is -1.70. The van der Waals surface area contributed by atoms with Gasteiger partial charge in [0, 0.05) is 0 Å². The third-order valence-corrected chi connectivity index (χ3v) is 3.75. The lowest BCUT2D eigenvalue weighted by molar-refractivity contribution is -0.178. The van der Waals surface area contributed by atoms with Crippen LogP contribution < -0.4 is 0 Å². The van der Waals surface area contributed by atoms with Crippen molar-refractivity contribution in [3.8, 4) is 0 Å². The Bertz CT molecular complexity index is 280. The van der Waals surface area contributed by atoms with Crippen molar-refractivity contribution in [1.29, 1.82) is 0 Å². The number of hydrogen-bond donors (Lipinski definition) is 4. The molecule has 0 heterocycles. The Morgan fingerprint density at radius 3 is 2.21 bits per heavy atom. The normalized spacial score (nSPS) is 19.3. The minimum absolute atomic E-state index is 0.350. The van der Waals surface area contributed by atoms with Crippen molar-refractivity contribution in [2.75, 3.05) is 0 Å². The molecule has 0 saturated carbocycles. The van der Waals surface area contributed by atoms with Gasteiger partial charge >= 0.3 is 0 Å². The van der Waals surface area contributed by atoms with Crippen LogP contribution in [-0.2, 0) is 0 Å². The molecule has 0 aliphatic rings. The van der Waals surface area contributed by atoms with Crippen LogP contribution >= 0.6 is 0 Å². The van der Waals surface area contributed by atoms with E-state index in [0.717, 1.165) is 25.7 Å². The number of allylic oxidation sites excluding steroid dienone is 2. The maximum Gasteiger partial charge on any atom is 0.180 e. The first kappa shape index (κ1) is 18.6. The fraction of sp³-hybridized carbons (Fsp3) is 0.867. The van der Waals surface area contributed by atoms with Gasteiger partial charge in [0.05, 0.1) is 5.60 Å². The molecule has 19 heavy (non-hydrogen) atoms. The molecule has 114 valence electrons. The SMILES string of the molecule is CCC(C)(O)CCC=C(C)CCCC(C)(O)C(O)O. The molecule has 0 aliphatic carbocycles. The van der Waals surface area contributed by atoms with Gasteiger partial charge in [0.2, 0.25) is 0 Å². The summed E-state index contributed by atoms with van der Waals surface area (Å²) < 4.78 is 0. The average Bonchev–Trinajstić information content (AvgIpc) is 2.28. The van der Waals surface area contributed by atoms with Gasteiger partial charge in [0.1, 0.15) is 5.60 Å². The number of aliphatic hydroxyl groups is 4. The highest BCUT2D eigenvalue weighted by Gasteiger charge is 2.27. The number of aliphatic hydroxyl groups excluding tert-OH is 1. The largest absolute Gasteiger partial charge is 0.390 e. The van der Waals surface area contributed by atoms with Gasteiger partial charge in [-0.3, -0.25) is 0 Å². The first-order valence-corrected chi connectivity index (χ1v) is 7.07. The monoisotopic (exact) mass is 274 g/mol. The minimum Gasteiger partial charge on any atom is -0.390 e. The summed E-state index contributed by atoms with van der Waals surface area (Å²) in [5.41, 5.74) is -0.830. The van der Waals surface area contributed by atoms with E-state index in [1.54, 1.807) is 0 Å². The molecule has 0 aromatic carbocycles. The molecule has 0 amide bonds. The van der Waals surface area contributed by atoms with Gasteiger partial charge in [-0.25, -0.2) is 0 Å². The van der Waals surface area contributed by atoms with E-state index in [1.165, 1.54) is 12.5 Å². The van der Waals surface area contributed by atoms with Crippen LogP contribution in [0.15, 0.2) is 11.6 Å². The van der Waals surface area contributed by atoms with Crippen molar-refractivity contribution in [3.63, 3.8) is 0 Å².